The highest BCUT2D eigenvalue weighted by Gasteiger charge is 2.36. The van der Waals surface area contributed by atoms with Gasteiger partial charge in [-0.3, -0.25) is 19.6 Å². The average molecular weight is 355 g/mol. The van der Waals surface area contributed by atoms with Gasteiger partial charge in [0.05, 0.1) is 16.4 Å². The maximum Gasteiger partial charge on any atom is 0.229 e. The molecule has 3 heterocycles. The van der Waals surface area contributed by atoms with Gasteiger partial charge < -0.3 is 5.32 Å². The van der Waals surface area contributed by atoms with Crippen LogP contribution < -0.4 is 10.2 Å². The van der Waals surface area contributed by atoms with Gasteiger partial charge in [0, 0.05) is 42.9 Å². The van der Waals surface area contributed by atoms with Crippen molar-refractivity contribution in [3.05, 3.63) is 40.8 Å². The molecule has 1 fully saturated rings. The van der Waals surface area contributed by atoms with Crippen LogP contribution in [-0.2, 0) is 16.0 Å². The number of nitrogens with one attached hydrogen (secondary N) is 2. The Morgan fingerprint density at radius 3 is 3.12 bits per heavy atom. The summed E-state index contributed by atoms with van der Waals surface area (Å²) in [5.74, 6) is 0.0857. The van der Waals surface area contributed by atoms with E-state index in [9.17, 15) is 9.59 Å². The summed E-state index contributed by atoms with van der Waals surface area (Å²) in [5.41, 5.74) is 0.877. The van der Waals surface area contributed by atoms with E-state index in [1.54, 1.807) is 22.4 Å². The van der Waals surface area contributed by atoms with Crippen LogP contribution in [0.2, 0.25) is 0 Å². The first kappa shape index (κ1) is 15.8. The van der Waals surface area contributed by atoms with E-state index >= 15 is 0 Å². The standard InChI is InChI=1S/C17H17N5O2S/c23-15-9-11(17(24)19-6-5-14-18-7-8-25-14)10-22(15)16-12-3-1-2-4-13(12)20-21-16/h1-4,7-8,11H,5-6,9-10H2,(H,19,24)(H,20,21)/t11-/m0/s1. The van der Waals surface area contributed by atoms with Gasteiger partial charge in [0.25, 0.3) is 0 Å². The molecule has 4 rings (SSSR count). The number of benzene rings is 1. The van der Waals surface area contributed by atoms with E-state index in [4.69, 9.17) is 0 Å². The lowest BCUT2D eigenvalue weighted by Gasteiger charge is -2.14. The minimum Gasteiger partial charge on any atom is -0.355 e. The molecule has 8 heteroatoms. The number of aromatic amines is 1. The molecule has 0 saturated carbocycles. The van der Waals surface area contributed by atoms with E-state index in [0.717, 1.165) is 15.9 Å². The fourth-order valence-electron chi connectivity index (χ4n) is 3.06. The maximum atomic E-state index is 12.4. The van der Waals surface area contributed by atoms with Crippen LogP contribution in [0.25, 0.3) is 10.9 Å². The number of hydrogen-bond donors (Lipinski definition) is 2. The predicted octanol–water partition coefficient (Wildman–Crippen LogP) is 1.73. The second-order valence-corrected chi connectivity index (χ2v) is 6.94. The molecule has 0 spiro atoms. The van der Waals surface area contributed by atoms with Crippen molar-refractivity contribution in [1.82, 2.24) is 20.5 Å². The predicted molar refractivity (Wildman–Crippen MR) is 95.4 cm³/mol. The Kier molecular flexibility index (Phi) is 4.19. The van der Waals surface area contributed by atoms with Crippen molar-refractivity contribution in [1.29, 1.82) is 0 Å². The quantitative estimate of drug-likeness (QED) is 0.729. The van der Waals surface area contributed by atoms with Crippen molar-refractivity contribution in [3.63, 3.8) is 0 Å². The molecule has 3 aromatic rings. The van der Waals surface area contributed by atoms with Crippen LogP contribution in [0.1, 0.15) is 11.4 Å². The van der Waals surface area contributed by atoms with Crippen LogP contribution in [0.3, 0.4) is 0 Å². The van der Waals surface area contributed by atoms with Crippen molar-refractivity contribution >= 4 is 39.9 Å². The third kappa shape index (κ3) is 3.12. The number of rotatable bonds is 5. The molecule has 1 aliphatic heterocycles. The Morgan fingerprint density at radius 1 is 1.40 bits per heavy atom. The summed E-state index contributed by atoms with van der Waals surface area (Å²) in [6, 6.07) is 7.65. The number of thiazole rings is 1. The molecule has 2 amide bonds. The maximum absolute atomic E-state index is 12.4. The number of H-pyrrole nitrogens is 1. The minimum absolute atomic E-state index is 0.0719. The number of carbonyl (C=O) groups excluding carboxylic acids is 2. The molecule has 2 aromatic heterocycles. The first-order valence-corrected chi connectivity index (χ1v) is 9.00. The number of para-hydroxylation sites is 1. The third-order valence-electron chi connectivity index (χ3n) is 4.32. The zero-order chi connectivity index (χ0) is 17.2. The Bertz CT molecular complexity index is 905. The largest absolute Gasteiger partial charge is 0.355 e. The molecule has 25 heavy (non-hydrogen) atoms. The smallest absolute Gasteiger partial charge is 0.229 e. The fraction of sp³-hybridized carbons (Fsp3) is 0.294. The lowest BCUT2D eigenvalue weighted by Crippen LogP contribution is -2.34. The molecule has 1 atom stereocenters. The molecule has 1 aromatic carbocycles. The normalized spacial score (nSPS) is 17.4. The molecule has 0 aliphatic carbocycles. The summed E-state index contributed by atoms with van der Waals surface area (Å²) in [5, 5.41) is 13.9. The average Bonchev–Trinajstić information content (AvgIpc) is 3.34. The van der Waals surface area contributed by atoms with Crippen LogP contribution in [-0.4, -0.2) is 40.1 Å². The Balaban J connectivity index is 1.40. The number of carbonyl (C=O) groups is 2. The first-order chi connectivity index (χ1) is 12.2. The molecule has 0 radical (unpaired) electrons. The molecule has 128 valence electrons. The van der Waals surface area contributed by atoms with Gasteiger partial charge in [0.2, 0.25) is 11.8 Å². The van der Waals surface area contributed by atoms with Crippen molar-refractivity contribution in [3.8, 4) is 0 Å². The number of nitrogens with zero attached hydrogens (tertiary/aromatic N) is 3. The van der Waals surface area contributed by atoms with Gasteiger partial charge in [-0.2, -0.15) is 5.10 Å². The number of aromatic nitrogens is 3. The molecule has 1 aliphatic rings. The molecule has 0 unspecified atom stereocenters. The number of hydrogen-bond acceptors (Lipinski definition) is 5. The molecule has 1 saturated heterocycles. The van der Waals surface area contributed by atoms with Crippen LogP contribution in [0.15, 0.2) is 35.8 Å². The lowest BCUT2D eigenvalue weighted by atomic mass is 10.1. The van der Waals surface area contributed by atoms with E-state index in [1.807, 2.05) is 29.6 Å². The number of fused-ring (bicyclic) bond motifs is 1. The van der Waals surface area contributed by atoms with E-state index < -0.39 is 0 Å². The van der Waals surface area contributed by atoms with Gasteiger partial charge in [-0.05, 0) is 12.1 Å². The summed E-state index contributed by atoms with van der Waals surface area (Å²) < 4.78 is 0. The summed E-state index contributed by atoms with van der Waals surface area (Å²) in [6.07, 6.45) is 2.67. The minimum atomic E-state index is -0.348. The summed E-state index contributed by atoms with van der Waals surface area (Å²) in [6.45, 7) is 0.888. The third-order valence-corrected chi connectivity index (χ3v) is 5.16. The van der Waals surface area contributed by atoms with Crippen molar-refractivity contribution in [2.24, 2.45) is 5.92 Å². The topological polar surface area (TPSA) is 91.0 Å². The van der Waals surface area contributed by atoms with Gasteiger partial charge in [0.1, 0.15) is 0 Å². The van der Waals surface area contributed by atoms with Gasteiger partial charge >= 0.3 is 0 Å². The zero-order valence-corrected chi connectivity index (χ0v) is 14.3. The lowest BCUT2D eigenvalue weighted by molar-refractivity contribution is -0.126. The highest BCUT2D eigenvalue weighted by atomic mass is 32.1. The van der Waals surface area contributed by atoms with Crippen LogP contribution in [0.5, 0.6) is 0 Å². The van der Waals surface area contributed by atoms with Crippen LogP contribution in [0, 0.1) is 5.92 Å². The number of anilines is 1. The fourth-order valence-corrected chi connectivity index (χ4v) is 3.68. The summed E-state index contributed by atoms with van der Waals surface area (Å²) in [4.78, 5) is 30.5. The summed E-state index contributed by atoms with van der Waals surface area (Å²) >= 11 is 1.57. The zero-order valence-electron chi connectivity index (χ0n) is 13.4. The molecule has 0 bridgehead atoms. The Labute approximate surface area is 148 Å². The van der Waals surface area contributed by atoms with Gasteiger partial charge in [-0.15, -0.1) is 11.3 Å². The van der Waals surface area contributed by atoms with Crippen molar-refractivity contribution in [2.75, 3.05) is 18.0 Å². The molecule has 7 nitrogen and oxygen atoms in total. The van der Waals surface area contributed by atoms with E-state index in [1.165, 1.54) is 0 Å². The van der Waals surface area contributed by atoms with Crippen molar-refractivity contribution in [2.45, 2.75) is 12.8 Å². The summed E-state index contributed by atoms with van der Waals surface area (Å²) in [7, 11) is 0. The Morgan fingerprint density at radius 2 is 2.28 bits per heavy atom. The van der Waals surface area contributed by atoms with E-state index in [0.29, 0.717) is 25.3 Å². The second-order valence-electron chi connectivity index (χ2n) is 5.97. The molecular formula is C17H17N5O2S. The SMILES string of the molecule is O=C(NCCc1nccs1)[C@H]1CC(=O)N(c2n[nH]c3ccccc23)C1. The van der Waals surface area contributed by atoms with Gasteiger partial charge in [0.15, 0.2) is 5.82 Å². The highest BCUT2D eigenvalue weighted by Crippen LogP contribution is 2.29. The molecular weight excluding hydrogens is 338 g/mol. The van der Waals surface area contributed by atoms with E-state index in [-0.39, 0.29) is 24.2 Å². The second kappa shape index (κ2) is 6.64. The van der Waals surface area contributed by atoms with Gasteiger partial charge in [-0.25, -0.2) is 4.98 Å². The number of amides is 2. The van der Waals surface area contributed by atoms with Crippen molar-refractivity contribution < 1.29 is 9.59 Å². The first-order valence-electron chi connectivity index (χ1n) is 8.12. The van der Waals surface area contributed by atoms with Crippen LogP contribution >= 0.6 is 11.3 Å². The monoisotopic (exact) mass is 355 g/mol. The van der Waals surface area contributed by atoms with E-state index in [2.05, 4.69) is 20.5 Å². The molecule has 2 N–H and O–H groups in total. The Hall–Kier alpha value is -2.74. The van der Waals surface area contributed by atoms with Gasteiger partial charge in [-0.1, -0.05) is 12.1 Å². The highest BCUT2D eigenvalue weighted by molar-refractivity contribution is 7.09. The van der Waals surface area contributed by atoms with Crippen LogP contribution in [0.4, 0.5) is 5.82 Å².